The number of fused-ring (bicyclic) bond motifs is 1. The third-order valence-corrected chi connectivity index (χ3v) is 5.38. The molecular weight excluding hydrogens is 236 g/mol. The van der Waals surface area contributed by atoms with Crippen LogP contribution in [0.2, 0.25) is 0 Å². The van der Waals surface area contributed by atoms with Gasteiger partial charge in [0.2, 0.25) is 0 Å². The summed E-state index contributed by atoms with van der Waals surface area (Å²) in [6, 6.07) is 6.10. The maximum Gasteiger partial charge on any atom is 0.154 e. The molecule has 1 aromatic rings. The molecule has 0 bridgehead atoms. The third-order valence-electron chi connectivity index (χ3n) is 3.60. The van der Waals surface area contributed by atoms with Crippen LogP contribution in [-0.2, 0) is 16.3 Å². The molecule has 2 heterocycles. The smallest absolute Gasteiger partial charge is 0.154 e. The summed E-state index contributed by atoms with van der Waals surface area (Å²) in [7, 11) is -2.77. The Balaban J connectivity index is 1.92. The monoisotopic (exact) mass is 252 g/mol. The lowest BCUT2D eigenvalue weighted by Crippen LogP contribution is -2.54. The lowest BCUT2D eigenvalue weighted by molar-refractivity contribution is 0.537. The van der Waals surface area contributed by atoms with Crippen LogP contribution in [-0.4, -0.2) is 32.5 Å². The highest BCUT2D eigenvalue weighted by Gasteiger charge is 2.38. The molecule has 0 aliphatic carbocycles. The van der Waals surface area contributed by atoms with Crippen LogP contribution in [0.5, 0.6) is 0 Å². The zero-order chi connectivity index (χ0) is 12.0. The first-order valence-corrected chi connectivity index (χ1v) is 7.73. The van der Waals surface area contributed by atoms with Gasteiger partial charge in [-0.15, -0.1) is 0 Å². The predicted molar refractivity (Wildman–Crippen MR) is 69.0 cm³/mol. The molecule has 1 aromatic carbocycles. The fraction of sp³-hybridized carbons (Fsp3) is 0.500. The van der Waals surface area contributed by atoms with E-state index in [-0.39, 0.29) is 6.04 Å². The Bertz CT molecular complexity index is 542. The molecule has 2 aliphatic heterocycles. The second-order valence-corrected chi connectivity index (χ2v) is 7.07. The summed E-state index contributed by atoms with van der Waals surface area (Å²) < 4.78 is 22.5. The molecule has 2 aliphatic rings. The molecule has 5 heteroatoms. The molecule has 0 saturated carbocycles. The Morgan fingerprint density at radius 1 is 1.29 bits per heavy atom. The minimum atomic E-state index is -2.77. The van der Waals surface area contributed by atoms with E-state index in [0.29, 0.717) is 11.5 Å². The predicted octanol–water partition coefficient (Wildman–Crippen LogP) is 0.818. The molecular formula is C12H16N2O2S. The average molecular weight is 252 g/mol. The molecule has 0 unspecified atom stereocenters. The van der Waals surface area contributed by atoms with Crippen molar-refractivity contribution >= 4 is 21.2 Å². The molecule has 1 saturated heterocycles. The summed E-state index contributed by atoms with van der Waals surface area (Å²) in [5.74, 6) is 0.586. The lowest BCUT2D eigenvalue weighted by atomic mass is 10.00. The van der Waals surface area contributed by atoms with Crippen LogP contribution in [0, 0.1) is 0 Å². The van der Waals surface area contributed by atoms with Gasteiger partial charge in [0.15, 0.2) is 9.84 Å². The maximum absolute atomic E-state index is 11.3. The summed E-state index contributed by atoms with van der Waals surface area (Å²) in [5, 5.41) is 0. The van der Waals surface area contributed by atoms with Crippen molar-refractivity contribution in [1.82, 2.24) is 0 Å². The number of anilines is 2. The van der Waals surface area contributed by atoms with Crippen molar-refractivity contribution < 1.29 is 8.42 Å². The van der Waals surface area contributed by atoms with Crippen molar-refractivity contribution in [3.63, 3.8) is 0 Å². The van der Waals surface area contributed by atoms with E-state index >= 15 is 0 Å². The molecule has 0 radical (unpaired) electrons. The van der Waals surface area contributed by atoms with Crippen LogP contribution in [0.1, 0.15) is 12.0 Å². The number of nitrogen functional groups attached to an aromatic ring is 1. The second kappa shape index (κ2) is 3.63. The van der Waals surface area contributed by atoms with Crippen LogP contribution in [0.3, 0.4) is 0 Å². The first kappa shape index (κ1) is 10.9. The van der Waals surface area contributed by atoms with E-state index in [1.54, 1.807) is 0 Å². The minimum absolute atomic E-state index is 0.154. The highest BCUT2D eigenvalue weighted by molar-refractivity contribution is 7.92. The van der Waals surface area contributed by atoms with Gasteiger partial charge in [-0.1, -0.05) is 6.07 Å². The summed E-state index contributed by atoms with van der Waals surface area (Å²) in [5.41, 5.74) is 8.98. The van der Waals surface area contributed by atoms with Crippen LogP contribution >= 0.6 is 0 Å². The third kappa shape index (κ3) is 1.88. The molecule has 92 valence electrons. The van der Waals surface area contributed by atoms with Crippen LogP contribution in [0.4, 0.5) is 11.4 Å². The first-order valence-electron chi connectivity index (χ1n) is 5.91. The largest absolute Gasteiger partial charge is 0.399 e. The fourth-order valence-electron chi connectivity index (χ4n) is 2.72. The molecule has 4 nitrogen and oxygen atoms in total. The summed E-state index contributed by atoms with van der Waals surface area (Å²) in [6.45, 7) is 0.941. The molecule has 17 heavy (non-hydrogen) atoms. The molecule has 0 spiro atoms. The highest BCUT2D eigenvalue weighted by Crippen LogP contribution is 2.33. The van der Waals surface area contributed by atoms with Crippen molar-refractivity contribution in [3.05, 3.63) is 23.8 Å². The lowest BCUT2D eigenvalue weighted by Gasteiger charge is -2.42. The number of hydrogen-bond acceptors (Lipinski definition) is 4. The van der Waals surface area contributed by atoms with Crippen molar-refractivity contribution in [2.24, 2.45) is 0 Å². The van der Waals surface area contributed by atoms with Crippen molar-refractivity contribution in [3.8, 4) is 0 Å². The van der Waals surface area contributed by atoms with Crippen LogP contribution < -0.4 is 10.6 Å². The number of nitrogens with two attached hydrogens (primary N) is 1. The van der Waals surface area contributed by atoms with Gasteiger partial charge in [0.05, 0.1) is 17.5 Å². The van der Waals surface area contributed by atoms with Crippen molar-refractivity contribution in [2.75, 3.05) is 28.7 Å². The fourth-order valence-corrected chi connectivity index (χ4v) is 4.15. The van der Waals surface area contributed by atoms with Gasteiger partial charge in [0.25, 0.3) is 0 Å². The number of rotatable bonds is 1. The maximum atomic E-state index is 11.3. The van der Waals surface area contributed by atoms with Crippen LogP contribution in [0.15, 0.2) is 18.2 Å². The van der Waals surface area contributed by atoms with Gasteiger partial charge in [0, 0.05) is 17.9 Å². The Morgan fingerprint density at radius 2 is 2.06 bits per heavy atom. The molecule has 0 aromatic heterocycles. The quantitative estimate of drug-likeness (QED) is 0.752. The van der Waals surface area contributed by atoms with Gasteiger partial charge in [-0.25, -0.2) is 8.42 Å². The Kier molecular flexibility index (Phi) is 2.33. The second-order valence-electron chi connectivity index (χ2n) is 4.92. The molecule has 2 N–H and O–H groups in total. The summed E-state index contributed by atoms with van der Waals surface area (Å²) in [4.78, 5) is 2.22. The zero-order valence-electron chi connectivity index (χ0n) is 9.59. The Labute approximate surface area is 101 Å². The van der Waals surface area contributed by atoms with Crippen molar-refractivity contribution in [1.29, 1.82) is 0 Å². The number of hydrogen-bond donors (Lipinski definition) is 1. The van der Waals surface area contributed by atoms with E-state index in [2.05, 4.69) is 11.0 Å². The van der Waals surface area contributed by atoms with Gasteiger partial charge < -0.3 is 10.6 Å². The van der Waals surface area contributed by atoms with E-state index in [1.807, 2.05) is 12.1 Å². The van der Waals surface area contributed by atoms with Gasteiger partial charge in [0.1, 0.15) is 0 Å². The van der Waals surface area contributed by atoms with Gasteiger partial charge >= 0.3 is 0 Å². The topological polar surface area (TPSA) is 63.4 Å². The van der Waals surface area contributed by atoms with Crippen LogP contribution in [0.25, 0.3) is 0 Å². The first-order chi connectivity index (χ1) is 8.05. The van der Waals surface area contributed by atoms with E-state index < -0.39 is 9.84 Å². The zero-order valence-corrected chi connectivity index (χ0v) is 10.4. The minimum Gasteiger partial charge on any atom is -0.399 e. The van der Waals surface area contributed by atoms with E-state index in [9.17, 15) is 8.42 Å². The normalized spacial score (nSPS) is 22.9. The Morgan fingerprint density at radius 3 is 2.76 bits per heavy atom. The van der Waals surface area contributed by atoms with E-state index in [0.717, 1.165) is 30.8 Å². The van der Waals surface area contributed by atoms with Gasteiger partial charge in [-0.3, -0.25) is 0 Å². The molecule has 0 atom stereocenters. The number of aryl methyl sites for hydroxylation is 1. The number of nitrogens with zero attached hydrogens (tertiary/aromatic N) is 1. The number of benzene rings is 1. The Hall–Kier alpha value is -1.23. The van der Waals surface area contributed by atoms with E-state index in [4.69, 9.17) is 5.73 Å². The average Bonchev–Trinajstić information content (AvgIpc) is 2.25. The highest BCUT2D eigenvalue weighted by atomic mass is 32.2. The van der Waals surface area contributed by atoms with E-state index in [1.165, 1.54) is 5.56 Å². The molecule has 1 fully saturated rings. The molecule has 3 rings (SSSR count). The van der Waals surface area contributed by atoms with Crippen molar-refractivity contribution in [2.45, 2.75) is 18.9 Å². The molecule has 0 amide bonds. The SMILES string of the molecule is Nc1ccc2c(c1)N(C1CS(=O)(=O)C1)CCC2. The van der Waals surface area contributed by atoms with Gasteiger partial charge in [-0.2, -0.15) is 0 Å². The van der Waals surface area contributed by atoms with Gasteiger partial charge in [-0.05, 0) is 30.5 Å². The summed E-state index contributed by atoms with van der Waals surface area (Å²) >= 11 is 0. The standard InChI is InChI=1S/C12H16N2O2S/c13-10-4-3-9-2-1-5-14(12(9)6-10)11-7-17(15,16)8-11/h3-4,6,11H,1-2,5,7-8,13H2. The number of sulfone groups is 1. The summed E-state index contributed by atoms with van der Waals surface area (Å²) in [6.07, 6.45) is 2.15.